The smallest absolute Gasteiger partial charge is 0.310 e. The van der Waals surface area contributed by atoms with E-state index < -0.39 is 0 Å². The van der Waals surface area contributed by atoms with Gasteiger partial charge in [-0.1, -0.05) is 12.1 Å². The van der Waals surface area contributed by atoms with Crippen molar-refractivity contribution in [3.63, 3.8) is 0 Å². The van der Waals surface area contributed by atoms with Crippen LogP contribution in [0.5, 0.6) is 0 Å². The van der Waals surface area contributed by atoms with E-state index in [0.717, 1.165) is 17.8 Å². The summed E-state index contributed by atoms with van der Waals surface area (Å²) >= 11 is 0. The van der Waals surface area contributed by atoms with Gasteiger partial charge < -0.3 is 14.5 Å². The average molecular weight is 250 g/mol. The van der Waals surface area contributed by atoms with Crippen LogP contribution < -0.4 is 4.90 Å². The van der Waals surface area contributed by atoms with Crippen LogP contribution in [0.3, 0.4) is 0 Å². The van der Waals surface area contributed by atoms with Crippen LogP contribution in [-0.2, 0) is 16.0 Å². The van der Waals surface area contributed by atoms with E-state index in [9.17, 15) is 4.79 Å². The maximum atomic E-state index is 11.6. The summed E-state index contributed by atoms with van der Waals surface area (Å²) in [6, 6.07) is 7.93. The SMILES string of the molecule is CN(C)CCOC(=O)Cc1ccc(N(C)C)cc1. The Balaban J connectivity index is 2.40. The Morgan fingerprint density at radius 3 is 2.22 bits per heavy atom. The monoisotopic (exact) mass is 250 g/mol. The van der Waals surface area contributed by atoms with Gasteiger partial charge in [0.1, 0.15) is 6.61 Å². The molecule has 100 valence electrons. The topological polar surface area (TPSA) is 32.8 Å². The molecular formula is C14H22N2O2. The fourth-order valence-electron chi connectivity index (χ4n) is 1.47. The minimum atomic E-state index is -0.172. The quantitative estimate of drug-likeness (QED) is 0.715. The molecule has 1 aromatic rings. The summed E-state index contributed by atoms with van der Waals surface area (Å²) in [4.78, 5) is 15.6. The first-order chi connectivity index (χ1) is 8.49. The Bertz CT molecular complexity index is 372. The molecular weight excluding hydrogens is 228 g/mol. The minimum absolute atomic E-state index is 0.172. The van der Waals surface area contributed by atoms with Gasteiger partial charge in [-0.3, -0.25) is 4.79 Å². The van der Waals surface area contributed by atoms with Gasteiger partial charge >= 0.3 is 5.97 Å². The van der Waals surface area contributed by atoms with Crippen LogP contribution in [0.1, 0.15) is 5.56 Å². The number of esters is 1. The number of benzene rings is 1. The summed E-state index contributed by atoms with van der Waals surface area (Å²) in [5.41, 5.74) is 2.11. The summed E-state index contributed by atoms with van der Waals surface area (Å²) in [7, 11) is 7.89. The van der Waals surface area contributed by atoms with E-state index >= 15 is 0 Å². The molecule has 4 nitrogen and oxygen atoms in total. The number of ether oxygens (including phenoxy) is 1. The highest BCUT2D eigenvalue weighted by molar-refractivity contribution is 5.72. The molecule has 0 unspecified atom stereocenters. The molecule has 18 heavy (non-hydrogen) atoms. The number of carbonyl (C=O) groups excluding carboxylic acids is 1. The highest BCUT2D eigenvalue weighted by atomic mass is 16.5. The van der Waals surface area contributed by atoms with Crippen LogP contribution >= 0.6 is 0 Å². The number of hydrogen-bond acceptors (Lipinski definition) is 4. The average Bonchev–Trinajstić information content (AvgIpc) is 2.29. The van der Waals surface area contributed by atoms with Crippen molar-refractivity contribution < 1.29 is 9.53 Å². The summed E-state index contributed by atoms with van der Waals surface area (Å²) in [5, 5.41) is 0. The second-order valence-electron chi connectivity index (χ2n) is 4.76. The number of carbonyl (C=O) groups is 1. The van der Waals surface area contributed by atoms with Crippen LogP contribution in [0.4, 0.5) is 5.69 Å². The number of likely N-dealkylation sites (N-methyl/N-ethyl adjacent to an activating group) is 1. The first-order valence-electron chi connectivity index (χ1n) is 6.05. The number of rotatable bonds is 6. The molecule has 4 heteroatoms. The summed E-state index contributed by atoms with van der Waals surface area (Å²) < 4.78 is 5.14. The van der Waals surface area contributed by atoms with Crippen molar-refractivity contribution in [3.05, 3.63) is 29.8 Å². The Kier molecular flexibility index (Phi) is 5.65. The summed E-state index contributed by atoms with van der Waals surface area (Å²) in [6.45, 7) is 1.20. The van der Waals surface area contributed by atoms with Crippen molar-refractivity contribution in [3.8, 4) is 0 Å². The second-order valence-corrected chi connectivity index (χ2v) is 4.76. The number of anilines is 1. The van der Waals surface area contributed by atoms with Gasteiger partial charge in [-0.2, -0.15) is 0 Å². The van der Waals surface area contributed by atoms with Gasteiger partial charge in [0.15, 0.2) is 0 Å². The van der Waals surface area contributed by atoms with Gasteiger partial charge in [-0.25, -0.2) is 0 Å². The largest absolute Gasteiger partial charge is 0.464 e. The lowest BCUT2D eigenvalue weighted by molar-refractivity contribution is -0.143. The Labute approximate surface area is 109 Å². The third-order valence-corrected chi connectivity index (χ3v) is 2.60. The fraction of sp³-hybridized carbons (Fsp3) is 0.500. The molecule has 1 rings (SSSR count). The standard InChI is InChI=1S/C14H22N2O2/c1-15(2)9-10-18-14(17)11-12-5-7-13(8-6-12)16(3)4/h5-8H,9-11H2,1-4H3. The van der Waals surface area contributed by atoms with Gasteiger partial charge in [0.2, 0.25) is 0 Å². The molecule has 0 spiro atoms. The van der Waals surface area contributed by atoms with Crippen molar-refractivity contribution in [1.29, 1.82) is 0 Å². The van der Waals surface area contributed by atoms with Gasteiger partial charge in [0, 0.05) is 26.3 Å². The molecule has 0 bridgehead atoms. The van der Waals surface area contributed by atoms with Crippen LogP contribution in [0.25, 0.3) is 0 Å². The maximum Gasteiger partial charge on any atom is 0.310 e. The van der Waals surface area contributed by atoms with E-state index in [1.54, 1.807) is 0 Å². The van der Waals surface area contributed by atoms with E-state index in [0.29, 0.717) is 13.0 Å². The third-order valence-electron chi connectivity index (χ3n) is 2.60. The molecule has 0 atom stereocenters. The molecule has 0 aliphatic carbocycles. The van der Waals surface area contributed by atoms with Crippen molar-refractivity contribution in [1.82, 2.24) is 4.90 Å². The summed E-state index contributed by atoms with van der Waals surface area (Å²) in [5.74, 6) is -0.172. The highest BCUT2D eigenvalue weighted by Crippen LogP contribution is 2.12. The molecule has 0 saturated heterocycles. The van der Waals surface area contributed by atoms with E-state index in [-0.39, 0.29) is 5.97 Å². The molecule has 0 amide bonds. The minimum Gasteiger partial charge on any atom is -0.464 e. The molecule has 0 fully saturated rings. The number of hydrogen-bond donors (Lipinski definition) is 0. The van der Waals surface area contributed by atoms with Crippen molar-refractivity contribution >= 4 is 11.7 Å². The summed E-state index contributed by atoms with van der Waals surface area (Å²) in [6.07, 6.45) is 0.334. The van der Waals surface area contributed by atoms with E-state index in [2.05, 4.69) is 0 Å². The maximum absolute atomic E-state index is 11.6. The fourth-order valence-corrected chi connectivity index (χ4v) is 1.47. The highest BCUT2D eigenvalue weighted by Gasteiger charge is 2.05. The van der Waals surface area contributed by atoms with Crippen LogP contribution in [0.15, 0.2) is 24.3 Å². The third kappa shape index (κ3) is 5.19. The van der Waals surface area contributed by atoms with Gasteiger partial charge in [0.25, 0.3) is 0 Å². The Morgan fingerprint density at radius 1 is 1.11 bits per heavy atom. The molecule has 0 aromatic heterocycles. The molecule has 0 saturated carbocycles. The zero-order valence-corrected chi connectivity index (χ0v) is 11.6. The molecule has 1 aromatic carbocycles. The lowest BCUT2D eigenvalue weighted by Gasteiger charge is -2.13. The Morgan fingerprint density at radius 2 is 1.72 bits per heavy atom. The Hall–Kier alpha value is -1.55. The second kappa shape index (κ2) is 7.01. The van der Waals surface area contributed by atoms with E-state index in [1.807, 2.05) is 62.3 Å². The van der Waals surface area contributed by atoms with Gasteiger partial charge in [0.05, 0.1) is 6.42 Å². The van der Waals surface area contributed by atoms with E-state index in [1.165, 1.54) is 0 Å². The molecule has 0 heterocycles. The lowest BCUT2D eigenvalue weighted by atomic mass is 10.1. The molecule has 0 aliphatic heterocycles. The number of nitrogens with zero attached hydrogens (tertiary/aromatic N) is 2. The van der Waals surface area contributed by atoms with Crippen molar-refractivity contribution in [2.24, 2.45) is 0 Å². The zero-order valence-electron chi connectivity index (χ0n) is 11.6. The predicted molar refractivity (Wildman–Crippen MR) is 74.0 cm³/mol. The van der Waals surface area contributed by atoms with E-state index in [4.69, 9.17) is 4.74 Å². The molecule has 0 N–H and O–H groups in total. The molecule has 0 aliphatic rings. The van der Waals surface area contributed by atoms with Crippen LogP contribution in [0, 0.1) is 0 Å². The molecule has 0 radical (unpaired) electrons. The van der Waals surface area contributed by atoms with Gasteiger partial charge in [-0.05, 0) is 31.8 Å². The zero-order chi connectivity index (χ0) is 13.5. The van der Waals surface area contributed by atoms with Gasteiger partial charge in [-0.15, -0.1) is 0 Å². The van der Waals surface area contributed by atoms with Crippen LogP contribution in [-0.4, -0.2) is 52.2 Å². The predicted octanol–water partition coefficient (Wildman–Crippen LogP) is 1.40. The first kappa shape index (κ1) is 14.5. The van der Waals surface area contributed by atoms with Crippen molar-refractivity contribution in [2.45, 2.75) is 6.42 Å². The van der Waals surface area contributed by atoms with Crippen molar-refractivity contribution in [2.75, 3.05) is 46.2 Å². The first-order valence-corrected chi connectivity index (χ1v) is 6.05. The lowest BCUT2D eigenvalue weighted by Crippen LogP contribution is -2.20. The normalized spacial score (nSPS) is 10.5. The van der Waals surface area contributed by atoms with Crippen LogP contribution in [0.2, 0.25) is 0 Å².